The largest absolute Gasteiger partial charge is 0.507 e. The number of hydrogen-bond donors (Lipinski definition) is 8. The lowest BCUT2D eigenvalue weighted by atomic mass is 9.60. The number of anilines is 2. The van der Waals surface area contributed by atoms with Crippen molar-refractivity contribution in [3.05, 3.63) is 100.0 Å². The van der Waals surface area contributed by atoms with Crippen molar-refractivity contribution in [1.29, 1.82) is 0 Å². The van der Waals surface area contributed by atoms with E-state index in [4.69, 9.17) is 27.9 Å². The molecule has 18 heteroatoms. The molecule has 2 aromatic heterocycles. The van der Waals surface area contributed by atoms with Crippen LogP contribution < -0.4 is 27.0 Å². The Kier molecular flexibility index (Phi) is 14.9. The lowest BCUT2D eigenvalue weighted by molar-refractivity contribution is -0.142. The smallest absolute Gasteiger partial charge is 0.318 e. The SMILES string of the molecule is C#Cc1ccc(CNC=O)cc1.CC1c2c([nH]c(N)c2/C=C(\N)c2ccccc2O)CCN1c1ncc(C2CCN(C3CC4(C3)CN(C(=O)NC(C(=O)N3CCC(O)C3)C(C)(C)CC(=O)O)C4)CC2)cn1. The molecule has 1 saturated carbocycles. The van der Waals surface area contributed by atoms with Crippen molar-refractivity contribution >= 4 is 47.9 Å². The summed E-state index contributed by atoms with van der Waals surface area (Å²) in [5, 5.41) is 35.3. The van der Waals surface area contributed by atoms with E-state index in [2.05, 4.69) is 38.3 Å². The van der Waals surface area contributed by atoms with E-state index in [1.165, 1.54) is 4.90 Å². The number of nitrogens with one attached hydrogen (secondary N) is 3. The van der Waals surface area contributed by atoms with Gasteiger partial charge in [0.1, 0.15) is 17.6 Å². The van der Waals surface area contributed by atoms with Crippen molar-refractivity contribution in [3.63, 3.8) is 0 Å². The normalized spacial score (nSPS) is 20.7. The van der Waals surface area contributed by atoms with E-state index < -0.39 is 23.5 Å². The quantitative estimate of drug-likeness (QED) is 0.0684. The number of likely N-dealkylation sites (tertiary alicyclic amines) is 3. The number of nitrogens with zero attached hydrogens (tertiary/aromatic N) is 6. The van der Waals surface area contributed by atoms with E-state index in [0.29, 0.717) is 74.0 Å². The second kappa shape index (κ2) is 21.1. The van der Waals surface area contributed by atoms with Gasteiger partial charge < -0.3 is 62.0 Å². The number of aromatic amines is 1. The van der Waals surface area contributed by atoms with Crippen molar-refractivity contribution in [1.82, 2.24) is 40.3 Å². The molecule has 4 fully saturated rings. The Morgan fingerprint density at radius 2 is 1.70 bits per heavy atom. The van der Waals surface area contributed by atoms with E-state index in [1.807, 2.05) is 48.8 Å². The van der Waals surface area contributed by atoms with Crippen LogP contribution >= 0.6 is 0 Å². The van der Waals surface area contributed by atoms with Gasteiger partial charge in [-0.15, -0.1) is 6.42 Å². The van der Waals surface area contributed by atoms with Gasteiger partial charge >= 0.3 is 12.0 Å². The molecule has 3 atom stereocenters. The Hall–Kier alpha value is -7.10. The number of para-hydroxylation sites is 1. The zero-order valence-corrected chi connectivity index (χ0v) is 40.8. The summed E-state index contributed by atoms with van der Waals surface area (Å²) in [6.45, 7) is 10.6. The van der Waals surface area contributed by atoms with Gasteiger partial charge in [-0.05, 0) is 99.5 Å². The van der Waals surface area contributed by atoms with Gasteiger partial charge in [0.05, 0.1) is 18.6 Å². The Morgan fingerprint density at radius 3 is 2.32 bits per heavy atom. The number of aromatic hydroxyl groups is 1. The highest BCUT2D eigenvalue weighted by Crippen LogP contribution is 2.51. The first-order valence-electron chi connectivity index (χ1n) is 24.5. The fourth-order valence-corrected chi connectivity index (χ4v) is 11.2. The van der Waals surface area contributed by atoms with Crippen LogP contribution in [-0.2, 0) is 27.3 Å². The van der Waals surface area contributed by atoms with Crippen LogP contribution in [0.5, 0.6) is 5.75 Å². The molecule has 10 N–H and O–H groups in total. The van der Waals surface area contributed by atoms with Crippen molar-refractivity contribution in [2.75, 3.05) is 56.4 Å². The molecule has 376 valence electrons. The molecule has 0 bridgehead atoms. The number of carbonyl (C=O) groups is 4. The summed E-state index contributed by atoms with van der Waals surface area (Å²) in [4.78, 5) is 69.6. The maximum atomic E-state index is 13.5. The summed E-state index contributed by atoms with van der Waals surface area (Å²) >= 11 is 0. The summed E-state index contributed by atoms with van der Waals surface area (Å²) in [5.74, 6) is 2.85. The molecular formula is C53H67N11O7. The van der Waals surface area contributed by atoms with Crippen LogP contribution in [0.25, 0.3) is 11.8 Å². The second-order valence-electron chi connectivity index (χ2n) is 20.6. The number of piperidine rings is 1. The van der Waals surface area contributed by atoms with Crippen LogP contribution in [0.4, 0.5) is 16.6 Å². The molecular weight excluding hydrogens is 903 g/mol. The Balaban J connectivity index is 0.000000494. The fraction of sp³-hybridized carbons (Fsp3) is 0.472. The monoisotopic (exact) mass is 970 g/mol. The van der Waals surface area contributed by atoms with Crippen LogP contribution in [0.1, 0.15) is 110 Å². The van der Waals surface area contributed by atoms with Crippen LogP contribution in [0.3, 0.4) is 0 Å². The number of amides is 4. The maximum absolute atomic E-state index is 13.5. The molecule has 2 aromatic carbocycles. The van der Waals surface area contributed by atoms with Gasteiger partial charge in [0.15, 0.2) is 0 Å². The third-order valence-electron chi connectivity index (χ3n) is 15.2. The molecule has 3 saturated heterocycles. The number of carboxylic acid groups (broad SMARTS) is 1. The number of aliphatic hydroxyl groups excluding tert-OH is 1. The van der Waals surface area contributed by atoms with Gasteiger partial charge in [-0.3, -0.25) is 14.4 Å². The molecule has 5 aliphatic rings. The molecule has 4 aromatic rings. The maximum Gasteiger partial charge on any atom is 0.318 e. The molecule has 71 heavy (non-hydrogen) atoms. The van der Waals surface area contributed by atoms with Gasteiger partial charge in [-0.1, -0.05) is 44.0 Å². The first kappa shape index (κ1) is 50.3. The zero-order chi connectivity index (χ0) is 50.6. The average Bonchev–Trinajstić information content (AvgIpc) is 3.91. The van der Waals surface area contributed by atoms with Gasteiger partial charge in [0.2, 0.25) is 18.3 Å². The first-order chi connectivity index (χ1) is 34.0. The van der Waals surface area contributed by atoms with E-state index in [-0.39, 0.29) is 42.1 Å². The summed E-state index contributed by atoms with van der Waals surface area (Å²) in [6.07, 6.45) is 16.1. The van der Waals surface area contributed by atoms with Crippen molar-refractivity contribution in [3.8, 4) is 18.1 Å². The third-order valence-corrected chi connectivity index (χ3v) is 15.2. The van der Waals surface area contributed by atoms with Crippen molar-refractivity contribution in [2.45, 2.75) is 102 Å². The molecule has 4 aliphatic heterocycles. The number of benzene rings is 2. The minimum absolute atomic E-state index is 0.0552. The second-order valence-corrected chi connectivity index (χ2v) is 20.6. The lowest BCUT2D eigenvalue weighted by Gasteiger charge is -2.61. The third kappa shape index (κ3) is 11.1. The van der Waals surface area contributed by atoms with E-state index >= 15 is 0 Å². The number of terminal acetylenes is 1. The minimum atomic E-state index is -1.04. The first-order valence-corrected chi connectivity index (χ1v) is 24.5. The molecule has 1 spiro atoms. The van der Waals surface area contributed by atoms with Gasteiger partial charge in [0, 0.05) is 109 Å². The number of nitrogens with two attached hydrogens (primary N) is 2. The number of carbonyl (C=O) groups excluding carboxylic acids is 3. The molecule has 1 aliphatic carbocycles. The summed E-state index contributed by atoms with van der Waals surface area (Å²) in [7, 11) is 0. The Bertz CT molecular complexity index is 2640. The highest BCUT2D eigenvalue weighted by Gasteiger charge is 2.56. The number of aliphatic hydroxyl groups is 1. The van der Waals surface area contributed by atoms with Crippen LogP contribution in [-0.4, -0.2) is 133 Å². The van der Waals surface area contributed by atoms with Crippen LogP contribution in [0.15, 0.2) is 60.9 Å². The number of phenolic OH excluding ortho intramolecular Hbond substituents is 1. The summed E-state index contributed by atoms with van der Waals surface area (Å²) in [6, 6.07) is 13.5. The molecule has 6 heterocycles. The van der Waals surface area contributed by atoms with Crippen molar-refractivity contribution in [2.24, 2.45) is 16.6 Å². The fourth-order valence-electron chi connectivity index (χ4n) is 11.2. The molecule has 9 rings (SSSR count). The molecule has 4 amide bonds. The number of aliphatic carboxylic acids is 1. The van der Waals surface area contributed by atoms with Crippen molar-refractivity contribution < 1.29 is 34.5 Å². The summed E-state index contributed by atoms with van der Waals surface area (Å²) in [5.41, 5.74) is 19.0. The van der Waals surface area contributed by atoms with E-state index in [1.54, 1.807) is 36.9 Å². The standard InChI is InChI=1S/C43H58N10O6.C10H9NO/c1-25-36-31(16-32(44)30-6-4-5-7-34(30)55)38(45)48-33(36)11-15-53(25)40-46-20-27(21-47-40)26-8-12-50(13-9-26)28-17-43(18-28)23-52(24-43)41(59)49-37(42(2,3)19-35(56)57)39(58)51-14-10-29(54)22-51;1-2-9-3-5-10(6-4-9)7-11-8-12/h4-7,16,20-21,25-26,28-29,37,48,54-55H,8-15,17-19,22-24,44-45H2,1-3H3,(H,49,59)(H,56,57);1,3-6,8H,7H2,(H,11,12)/b32-16-;. The van der Waals surface area contributed by atoms with Gasteiger partial charge in [0.25, 0.3) is 0 Å². The van der Waals surface area contributed by atoms with E-state index in [0.717, 1.165) is 85.2 Å². The number of fused-ring (bicyclic) bond motifs is 1. The topological polar surface area (TPSA) is 260 Å². The number of aromatic nitrogens is 3. The van der Waals surface area contributed by atoms with Gasteiger partial charge in [-0.25, -0.2) is 14.8 Å². The number of rotatable bonds is 13. The number of H-pyrrole nitrogens is 1. The Morgan fingerprint density at radius 1 is 1.01 bits per heavy atom. The molecule has 0 radical (unpaired) electrons. The predicted molar refractivity (Wildman–Crippen MR) is 270 cm³/mol. The number of carboxylic acids is 1. The lowest BCUT2D eigenvalue weighted by Crippen LogP contribution is -2.70. The van der Waals surface area contributed by atoms with E-state index in [9.17, 15) is 34.5 Å². The average molecular weight is 970 g/mol. The molecule has 18 nitrogen and oxygen atoms in total. The number of urea groups is 1. The molecule has 3 unspecified atom stereocenters. The number of phenols is 1. The summed E-state index contributed by atoms with van der Waals surface area (Å²) < 4.78 is 0. The Labute approximate surface area is 414 Å². The van der Waals surface area contributed by atoms with Gasteiger partial charge in [-0.2, -0.15) is 0 Å². The minimum Gasteiger partial charge on any atom is -0.507 e. The number of hydrogen-bond acceptors (Lipinski definition) is 12. The predicted octanol–water partition coefficient (Wildman–Crippen LogP) is 4.40. The number of nitrogen functional groups attached to an aromatic ring is 1. The van der Waals surface area contributed by atoms with Crippen LogP contribution in [0, 0.1) is 23.2 Å². The highest BCUT2D eigenvalue weighted by molar-refractivity contribution is 5.89. The zero-order valence-electron chi connectivity index (χ0n) is 40.8. The highest BCUT2D eigenvalue weighted by atomic mass is 16.4. The number of β-amino-alcohol motifs (C(OH)–C–C–N with tert-alkyl or cyclic N) is 1. The van der Waals surface area contributed by atoms with Crippen LogP contribution in [0.2, 0.25) is 0 Å².